The minimum absolute atomic E-state index is 0.00864. The molecule has 0 spiro atoms. The number of benzene rings is 1. The molecule has 0 aliphatic carbocycles. The number of nitrogens with zero attached hydrogens (tertiary/aromatic N) is 2. The third-order valence-corrected chi connectivity index (χ3v) is 4.01. The molecule has 0 atom stereocenters. The van der Waals surface area contributed by atoms with Crippen LogP contribution in [0.25, 0.3) is 0 Å². The van der Waals surface area contributed by atoms with E-state index >= 15 is 0 Å². The summed E-state index contributed by atoms with van der Waals surface area (Å²) in [5, 5.41) is 0. The van der Waals surface area contributed by atoms with Gasteiger partial charge in [0.25, 0.3) is 5.91 Å². The number of halogens is 1. The fourth-order valence-corrected chi connectivity index (χ4v) is 2.58. The maximum atomic E-state index is 12.4. The van der Waals surface area contributed by atoms with Gasteiger partial charge in [-0.05, 0) is 34.1 Å². The molecular formula is C13H17BrN4O2. The predicted octanol–water partition coefficient (Wildman–Crippen LogP) is 0.274. The first-order valence-electron chi connectivity index (χ1n) is 6.35. The molecule has 1 aromatic rings. The van der Waals surface area contributed by atoms with E-state index in [4.69, 9.17) is 11.5 Å². The summed E-state index contributed by atoms with van der Waals surface area (Å²) in [5.74, 6) is -0.161. The maximum Gasteiger partial charge on any atom is 0.255 e. The minimum atomic E-state index is -0.0813. The van der Waals surface area contributed by atoms with E-state index in [-0.39, 0.29) is 18.4 Å². The van der Waals surface area contributed by atoms with Gasteiger partial charge in [-0.3, -0.25) is 9.59 Å². The van der Waals surface area contributed by atoms with Crippen molar-refractivity contribution in [3.63, 3.8) is 0 Å². The Morgan fingerprint density at radius 2 is 1.75 bits per heavy atom. The summed E-state index contributed by atoms with van der Waals surface area (Å²) in [6.07, 6.45) is 0. The average Bonchev–Trinajstić information content (AvgIpc) is 2.48. The molecule has 1 fully saturated rings. The van der Waals surface area contributed by atoms with E-state index in [0.29, 0.717) is 37.4 Å². The van der Waals surface area contributed by atoms with Gasteiger partial charge in [0.05, 0.1) is 12.1 Å². The zero-order valence-electron chi connectivity index (χ0n) is 11.0. The van der Waals surface area contributed by atoms with Crippen molar-refractivity contribution in [1.29, 1.82) is 0 Å². The number of nitrogens with two attached hydrogens (primary N) is 2. The Balaban J connectivity index is 2.05. The Hall–Kier alpha value is -1.60. The number of amides is 2. The molecule has 0 saturated carbocycles. The summed E-state index contributed by atoms with van der Waals surface area (Å²) < 4.78 is 0.720. The lowest BCUT2D eigenvalue weighted by atomic mass is 10.1. The van der Waals surface area contributed by atoms with E-state index in [9.17, 15) is 9.59 Å². The SMILES string of the molecule is NCC(=O)N1CCN(C(=O)c2cc(N)ccc2Br)CC1. The van der Waals surface area contributed by atoms with Crippen molar-refractivity contribution in [3.8, 4) is 0 Å². The number of nitrogen functional groups attached to an aromatic ring is 1. The molecule has 4 N–H and O–H groups in total. The van der Waals surface area contributed by atoms with Crippen molar-refractivity contribution in [2.45, 2.75) is 0 Å². The van der Waals surface area contributed by atoms with Crippen molar-refractivity contribution in [2.75, 3.05) is 38.5 Å². The fraction of sp³-hybridized carbons (Fsp3) is 0.385. The molecule has 1 heterocycles. The highest BCUT2D eigenvalue weighted by Gasteiger charge is 2.25. The molecule has 0 radical (unpaired) electrons. The summed E-state index contributed by atoms with van der Waals surface area (Å²) in [5.41, 5.74) is 12.1. The largest absolute Gasteiger partial charge is 0.399 e. The Labute approximate surface area is 125 Å². The highest BCUT2D eigenvalue weighted by atomic mass is 79.9. The van der Waals surface area contributed by atoms with Gasteiger partial charge in [-0.15, -0.1) is 0 Å². The second-order valence-corrected chi connectivity index (χ2v) is 5.47. The zero-order valence-corrected chi connectivity index (χ0v) is 12.6. The second-order valence-electron chi connectivity index (χ2n) is 4.62. The van der Waals surface area contributed by atoms with Crippen LogP contribution in [0, 0.1) is 0 Å². The van der Waals surface area contributed by atoms with E-state index in [1.807, 2.05) is 0 Å². The van der Waals surface area contributed by atoms with Crippen molar-refractivity contribution in [2.24, 2.45) is 5.73 Å². The summed E-state index contributed by atoms with van der Waals surface area (Å²) in [7, 11) is 0. The van der Waals surface area contributed by atoms with Crippen LogP contribution in [0.4, 0.5) is 5.69 Å². The van der Waals surface area contributed by atoms with Gasteiger partial charge < -0.3 is 21.3 Å². The van der Waals surface area contributed by atoms with Crippen molar-refractivity contribution in [1.82, 2.24) is 9.80 Å². The quantitative estimate of drug-likeness (QED) is 0.756. The first kappa shape index (κ1) is 14.8. The Morgan fingerprint density at radius 1 is 1.15 bits per heavy atom. The molecule has 6 nitrogen and oxygen atoms in total. The molecular weight excluding hydrogens is 324 g/mol. The van der Waals surface area contributed by atoms with Gasteiger partial charge in [-0.1, -0.05) is 0 Å². The minimum Gasteiger partial charge on any atom is -0.399 e. The lowest BCUT2D eigenvalue weighted by molar-refractivity contribution is -0.131. The van der Waals surface area contributed by atoms with E-state index < -0.39 is 0 Å². The van der Waals surface area contributed by atoms with Crippen LogP contribution in [0.2, 0.25) is 0 Å². The molecule has 108 valence electrons. The normalized spacial score (nSPS) is 15.3. The van der Waals surface area contributed by atoms with Gasteiger partial charge in [-0.25, -0.2) is 0 Å². The number of hydrogen-bond acceptors (Lipinski definition) is 4. The number of hydrogen-bond donors (Lipinski definition) is 2. The molecule has 1 aliphatic heterocycles. The van der Waals surface area contributed by atoms with Crippen LogP contribution < -0.4 is 11.5 Å². The van der Waals surface area contributed by atoms with Gasteiger partial charge in [0, 0.05) is 36.3 Å². The van der Waals surface area contributed by atoms with Crippen molar-refractivity contribution in [3.05, 3.63) is 28.2 Å². The zero-order chi connectivity index (χ0) is 14.7. The van der Waals surface area contributed by atoms with Gasteiger partial charge in [0.2, 0.25) is 5.91 Å². The topological polar surface area (TPSA) is 92.7 Å². The Bertz CT molecular complexity index is 527. The van der Waals surface area contributed by atoms with E-state index in [2.05, 4.69) is 15.9 Å². The van der Waals surface area contributed by atoms with Gasteiger partial charge in [0.1, 0.15) is 0 Å². The molecule has 0 bridgehead atoms. The van der Waals surface area contributed by atoms with E-state index in [1.54, 1.807) is 28.0 Å². The lowest BCUT2D eigenvalue weighted by Gasteiger charge is -2.34. The fourth-order valence-electron chi connectivity index (χ4n) is 2.17. The lowest BCUT2D eigenvalue weighted by Crippen LogP contribution is -2.52. The first-order chi connectivity index (χ1) is 9.52. The smallest absolute Gasteiger partial charge is 0.255 e. The monoisotopic (exact) mass is 340 g/mol. The summed E-state index contributed by atoms with van der Waals surface area (Å²) in [6.45, 7) is 2.05. The molecule has 1 saturated heterocycles. The first-order valence-corrected chi connectivity index (χ1v) is 7.14. The Kier molecular flexibility index (Phi) is 4.61. The average molecular weight is 341 g/mol. The number of rotatable bonds is 2. The Morgan fingerprint density at radius 3 is 2.35 bits per heavy atom. The van der Waals surface area contributed by atoms with Crippen LogP contribution in [-0.2, 0) is 4.79 Å². The van der Waals surface area contributed by atoms with Gasteiger partial charge in [0.15, 0.2) is 0 Å². The number of carbonyl (C=O) groups is 2. The molecule has 1 aromatic carbocycles. The van der Waals surface area contributed by atoms with Gasteiger partial charge >= 0.3 is 0 Å². The van der Waals surface area contributed by atoms with Crippen molar-refractivity contribution < 1.29 is 9.59 Å². The third-order valence-electron chi connectivity index (χ3n) is 3.32. The predicted molar refractivity (Wildman–Crippen MR) is 80.1 cm³/mol. The molecule has 7 heteroatoms. The molecule has 2 amide bonds. The van der Waals surface area contributed by atoms with E-state index in [0.717, 1.165) is 4.47 Å². The molecule has 0 aromatic heterocycles. The molecule has 1 aliphatic rings. The summed E-state index contributed by atoms with van der Waals surface area (Å²) >= 11 is 3.36. The molecule has 2 rings (SSSR count). The van der Waals surface area contributed by atoms with E-state index in [1.165, 1.54) is 0 Å². The second kappa shape index (κ2) is 6.23. The number of carbonyl (C=O) groups excluding carboxylic acids is 2. The maximum absolute atomic E-state index is 12.4. The van der Waals surface area contributed by atoms with Crippen LogP contribution in [-0.4, -0.2) is 54.3 Å². The summed E-state index contributed by atoms with van der Waals surface area (Å²) in [4.78, 5) is 27.3. The number of anilines is 1. The standard InChI is InChI=1S/C13H17BrN4O2/c14-11-2-1-9(16)7-10(11)13(20)18-5-3-17(4-6-18)12(19)8-15/h1-2,7H,3-6,8,15-16H2. The summed E-state index contributed by atoms with van der Waals surface area (Å²) in [6, 6.07) is 5.15. The molecule has 20 heavy (non-hydrogen) atoms. The highest BCUT2D eigenvalue weighted by Crippen LogP contribution is 2.21. The van der Waals surface area contributed by atoms with Crippen LogP contribution in [0.15, 0.2) is 22.7 Å². The van der Waals surface area contributed by atoms with Crippen LogP contribution in [0.5, 0.6) is 0 Å². The highest BCUT2D eigenvalue weighted by molar-refractivity contribution is 9.10. The van der Waals surface area contributed by atoms with Crippen LogP contribution >= 0.6 is 15.9 Å². The number of piperazine rings is 1. The van der Waals surface area contributed by atoms with Crippen molar-refractivity contribution >= 4 is 33.4 Å². The van der Waals surface area contributed by atoms with Crippen LogP contribution in [0.3, 0.4) is 0 Å². The van der Waals surface area contributed by atoms with Gasteiger partial charge in [-0.2, -0.15) is 0 Å². The molecule has 0 unspecified atom stereocenters. The third kappa shape index (κ3) is 3.10. The van der Waals surface area contributed by atoms with Crippen LogP contribution in [0.1, 0.15) is 10.4 Å².